The zero-order valence-electron chi connectivity index (χ0n) is 15.0. The molecular formula is C20H30N2O2. The van der Waals surface area contributed by atoms with Gasteiger partial charge in [0.05, 0.1) is 0 Å². The van der Waals surface area contributed by atoms with Gasteiger partial charge >= 0.3 is 0 Å². The Kier molecular flexibility index (Phi) is 5.77. The molecule has 24 heavy (non-hydrogen) atoms. The van der Waals surface area contributed by atoms with E-state index in [4.69, 9.17) is 4.74 Å². The van der Waals surface area contributed by atoms with Crippen LogP contribution in [0.25, 0.3) is 0 Å². The van der Waals surface area contributed by atoms with Crippen molar-refractivity contribution in [3.63, 3.8) is 0 Å². The first-order valence-electron chi connectivity index (χ1n) is 9.41. The van der Waals surface area contributed by atoms with Gasteiger partial charge in [0.15, 0.2) is 6.10 Å². The molecule has 1 aromatic rings. The Morgan fingerprint density at radius 2 is 1.96 bits per heavy atom. The van der Waals surface area contributed by atoms with Gasteiger partial charge in [0.25, 0.3) is 5.91 Å². The van der Waals surface area contributed by atoms with Crippen LogP contribution in [-0.2, 0) is 4.79 Å². The lowest BCUT2D eigenvalue weighted by Crippen LogP contribution is -2.49. The summed E-state index contributed by atoms with van der Waals surface area (Å²) in [6, 6.07) is 8.48. The van der Waals surface area contributed by atoms with E-state index in [-0.39, 0.29) is 12.0 Å². The third-order valence-corrected chi connectivity index (χ3v) is 5.21. The second kappa shape index (κ2) is 8.02. The number of benzene rings is 1. The maximum absolute atomic E-state index is 12.8. The van der Waals surface area contributed by atoms with Gasteiger partial charge in [-0.2, -0.15) is 0 Å². The van der Waals surface area contributed by atoms with Crippen molar-refractivity contribution in [2.75, 3.05) is 19.6 Å². The molecule has 1 aromatic carbocycles. The summed E-state index contributed by atoms with van der Waals surface area (Å²) in [6.45, 7) is 6.88. The number of nitrogens with zero attached hydrogens (tertiary/aromatic N) is 1. The molecule has 0 aromatic heterocycles. The van der Waals surface area contributed by atoms with Gasteiger partial charge in [0, 0.05) is 19.1 Å². The van der Waals surface area contributed by atoms with Gasteiger partial charge in [-0.1, -0.05) is 25.1 Å². The average molecular weight is 330 g/mol. The van der Waals surface area contributed by atoms with Gasteiger partial charge in [-0.05, 0) is 63.1 Å². The van der Waals surface area contributed by atoms with Crippen LogP contribution in [-0.4, -0.2) is 42.6 Å². The Hall–Kier alpha value is -1.55. The molecular weight excluding hydrogens is 300 g/mol. The molecule has 4 nitrogen and oxygen atoms in total. The van der Waals surface area contributed by atoms with Crippen LogP contribution in [0.15, 0.2) is 24.3 Å². The Labute approximate surface area is 145 Å². The van der Waals surface area contributed by atoms with Gasteiger partial charge < -0.3 is 15.0 Å². The van der Waals surface area contributed by atoms with E-state index < -0.39 is 0 Å². The molecule has 1 saturated carbocycles. The van der Waals surface area contributed by atoms with Crippen molar-refractivity contribution in [2.45, 2.75) is 58.1 Å². The minimum Gasteiger partial charge on any atom is -0.480 e. The number of piperidine rings is 1. The van der Waals surface area contributed by atoms with Crippen molar-refractivity contribution < 1.29 is 9.53 Å². The quantitative estimate of drug-likeness (QED) is 0.835. The lowest BCUT2D eigenvalue weighted by Gasteiger charge is -2.34. The standard InChI is InChI=1S/C20H30N2O2/c1-3-18(24-19-7-5-4-6-15(19)2)20(23)22-12-10-17(11-13-22)21-14-16-8-9-16/h4-7,16-18,21H,3,8-14H2,1-2H3. The van der Waals surface area contributed by atoms with E-state index in [9.17, 15) is 4.79 Å². The molecule has 1 aliphatic carbocycles. The van der Waals surface area contributed by atoms with Crippen LogP contribution in [0.4, 0.5) is 0 Å². The van der Waals surface area contributed by atoms with Crippen LogP contribution in [0.2, 0.25) is 0 Å². The molecule has 4 heteroatoms. The number of nitrogens with one attached hydrogen (secondary N) is 1. The van der Waals surface area contributed by atoms with Crippen molar-refractivity contribution in [2.24, 2.45) is 5.92 Å². The van der Waals surface area contributed by atoms with Crippen LogP contribution in [0, 0.1) is 12.8 Å². The topological polar surface area (TPSA) is 41.6 Å². The highest BCUT2D eigenvalue weighted by Crippen LogP contribution is 2.28. The highest BCUT2D eigenvalue weighted by molar-refractivity contribution is 5.81. The van der Waals surface area contributed by atoms with Gasteiger partial charge in [-0.25, -0.2) is 0 Å². The number of hydrogen-bond donors (Lipinski definition) is 1. The summed E-state index contributed by atoms with van der Waals surface area (Å²) in [7, 11) is 0. The number of carbonyl (C=O) groups is 1. The summed E-state index contributed by atoms with van der Waals surface area (Å²) in [5.41, 5.74) is 1.08. The Balaban J connectivity index is 1.50. The Morgan fingerprint density at radius 1 is 1.25 bits per heavy atom. The minimum atomic E-state index is -0.373. The SMILES string of the molecule is CCC(Oc1ccccc1C)C(=O)N1CCC(NCC2CC2)CC1. The predicted octanol–water partition coefficient (Wildman–Crippen LogP) is 3.14. The number of rotatable bonds is 7. The smallest absolute Gasteiger partial charge is 0.263 e. The molecule has 1 unspecified atom stereocenters. The fourth-order valence-electron chi connectivity index (χ4n) is 3.31. The lowest BCUT2D eigenvalue weighted by molar-refractivity contribution is -0.140. The van der Waals surface area contributed by atoms with Crippen LogP contribution in [0.1, 0.15) is 44.6 Å². The first-order valence-corrected chi connectivity index (χ1v) is 9.41. The van der Waals surface area contributed by atoms with Crippen molar-refractivity contribution in [3.8, 4) is 5.75 Å². The number of carbonyl (C=O) groups excluding carboxylic acids is 1. The number of ether oxygens (including phenoxy) is 1. The Morgan fingerprint density at radius 3 is 2.58 bits per heavy atom. The molecule has 1 amide bonds. The average Bonchev–Trinajstić information content (AvgIpc) is 3.44. The van der Waals surface area contributed by atoms with Crippen LogP contribution in [0.5, 0.6) is 5.75 Å². The molecule has 132 valence electrons. The molecule has 0 spiro atoms. The zero-order valence-corrected chi connectivity index (χ0v) is 15.0. The summed E-state index contributed by atoms with van der Waals surface area (Å²) >= 11 is 0. The summed E-state index contributed by atoms with van der Waals surface area (Å²) in [6.07, 6.45) is 5.21. The number of hydrogen-bond acceptors (Lipinski definition) is 3. The van der Waals surface area contributed by atoms with E-state index in [1.54, 1.807) is 0 Å². The fraction of sp³-hybridized carbons (Fsp3) is 0.650. The normalized spacial score (nSPS) is 20.0. The van der Waals surface area contributed by atoms with Crippen LogP contribution >= 0.6 is 0 Å². The van der Waals surface area contributed by atoms with Crippen molar-refractivity contribution in [3.05, 3.63) is 29.8 Å². The fourth-order valence-corrected chi connectivity index (χ4v) is 3.31. The molecule has 2 aliphatic rings. The van der Waals surface area contributed by atoms with E-state index >= 15 is 0 Å². The van der Waals surface area contributed by atoms with E-state index in [1.807, 2.05) is 43.0 Å². The zero-order chi connectivity index (χ0) is 16.9. The third kappa shape index (κ3) is 4.50. The molecule has 1 atom stereocenters. The summed E-state index contributed by atoms with van der Waals surface area (Å²) in [5.74, 6) is 1.87. The molecule has 0 bridgehead atoms. The largest absolute Gasteiger partial charge is 0.480 e. The monoisotopic (exact) mass is 330 g/mol. The van der Waals surface area contributed by atoms with E-state index in [0.29, 0.717) is 12.5 Å². The second-order valence-electron chi connectivity index (χ2n) is 7.23. The number of amides is 1. The van der Waals surface area contributed by atoms with Gasteiger partial charge in [0.2, 0.25) is 0 Å². The van der Waals surface area contributed by atoms with E-state index in [1.165, 1.54) is 12.8 Å². The van der Waals surface area contributed by atoms with Crippen molar-refractivity contribution in [1.82, 2.24) is 10.2 Å². The highest BCUT2D eigenvalue weighted by Gasteiger charge is 2.29. The molecule has 1 saturated heterocycles. The van der Waals surface area contributed by atoms with Gasteiger partial charge in [-0.15, -0.1) is 0 Å². The minimum absolute atomic E-state index is 0.140. The Bertz CT molecular complexity index is 548. The number of likely N-dealkylation sites (tertiary alicyclic amines) is 1. The predicted molar refractivity (Wildman–Crippen MR) is 96.2 cm³/mol. The van der Waals surface area contributed by atoms with Gasteiger partial charge in [0.1, 0.15) is 5.75 Å². The molecule has 2 fully saturated rings. The number of aryl methyl sites for hydroxylation is 1. The van der Waals surface area contributed by atoms with Crippen LogP contribution in [0.3, 0.4) is 0 Å². The van der Waals surface area contributed by atoms with Crippen LogP contribution < -0.4 is 10.1 Å². The summed E-state index contributed by atoms with van der Waals surface area (Å²) in [5, 5.41) is 3.66. The van der Waals surface area contributed by atoms with Crippen molar-refractivity contribution >= 4 is 5.91 Å². The summed E-state index contributed by atoms with van der Waals surface area (Å²) in [4.78, 5) is 14.8. The maximum atomic E-state index is 12.8. The number of para-hydroxylation sites is 1. The summed E-state index contributed by atoms with van der Waals surface area (Å²) < 4.78 is 6.02. The first-order chi connectivity index (χ1) is 11.7. The maximum Gasteiger partial charge on any atom is 0.263 e. The van der Waals surface area contributed by atoms with Gasteiger partial charge in [-0.3, -0.25) is 4.79 Å². The molecule has 1 heterocycles. The highest BCUT2D eigenvalue weighted by atomic mass is 16.5. The van der Waals surface area contributed by atoms with Crippen molar-refractivity contribution in [1.29, 1.82) is 0 Å². The first kappa shape index (κ1) is 17.3. The third-order valence-electron chi connectivity index (χ3n) is 5.21. The molecule has 1 N–H and O–H groups in total. The lowest BCUT2D eigenvalue weighted by atomic mass is 10.0. The molecule has 0 radical (unpaired) electrons. The molecule has 1 aliphatic heterocycles. The molecule has 3 rings (SSSR count). The second-order valence-corrected chi connectivity index (χ2v) is 7.23. The van der Waals surface area contributed by atoms with E-state index in [0.717, 1.165) is 49.7 Å². The van der Waals surface area contributed by atoms with E-state index in [2.05, 4.69) is 5.32 Å².